The third-order valence-electron chi connectivity index (χ3n) is 9.89. The Morgan fingerprint density at radius 2 is 0.636 bits per heavy atom. The average Bonchev–Trinajstić information content (AvgIpc) is 3.65. The lowest BCUT2D eigenvalue weighted by atomic mass is 9.97. The molecule has 0 N–H and O–H groups in total. The van der Waals surface area contributed by atoms with Crippen molar-refractivity contribution in [3.8, 4) is 78.9 Å². The molecule has 0 saturated carbocycles. The van der Waals surface area contributed by atoms with Crippen LogP contribution in [0.1, 0.15) is 0 Å². The minimum Gasteiger partial charge on any atom is -0.456 e. The van der Waals surface area contributed by atoms with E-state index in [1.165, 1.54) is 0 Å². The molecule has 0 aliphatic carbocycles. The summed E-state index contributed by atoms with van der Waals surface area (Å²) in [7, 11) is 0. The van der Waals surface area contributed by atoms with Gasteiger partial charge in [0.05, 0.1) is 22.8 Å². The fourth-order valence-corrected chi connectivity index (χ4v) is 7.14. The van der Waals surface area contributed by atoms with Crippen LogP contribution in [0.4, 0.5) is 0 Å². The molecule has 0 saturated heterocycles. The number of hydrogen-bond acceptors (Lipinski definition) is 5. The van der Waals surface area contributed by atoms with Crippen LogP contribution in [-0.4, -0.2) is 19.9 Å². The Kier molecular flexibility index (Phi) is 8.08. The van der Waals surface area contributed by atoms with Gasteiger partial charge in [-0.3, -0.25) is 0 Å². The second-order valence-corrected chi connectivity index (χ2v) is 13.5. The first kappa shape index (κ1) is 32.2. The fraction of sp³-hybridized carbons (Fsp3) is 0. The molecule has 0 spiro atoms. The predicted molar refractivity (Wildman–Crippen MR) is 223 cm³/mol. The molecule has 0 amide bonds. The van der Waals surface area contributed by atoms with Crippen molar-refractivity contribution < 1.29 is 4.42 Å². The van der Waals surface area contributed by atoms with Crippen LogP contribution in [0.3, 0.4) is 0 Å². The van der Waals surface area contributed by atoms with Gasteiger partial charge >= 0.3 is 0 Å². The number of rotatable bonds is 7. The second-order valence-electron chi connectivity index (χ2n) is 13.5. The molecule has 0 radical (unpaired) electrons. The summed E-state index contributed by atoms with van der Waals surface area (Å²) in [6, 6.07) is 66.1. The Morgan fingerprint density at radius 1 is 0.255 bits per heavy atom. The molecule has 7 aromatic carbocycles. The van der Waals surface area contributed by atoms with Crippen molar-refractivity contribution in [2.45, 2.75) is 0 Å². The molecule has 0 bridgehead atoms. The maximum Gasteiger partial charge on any atom is 0.160 e. The van der Waals surface area contributed by atoms with Gasteiger partial charge in [-0.15, -0.1) is 0 Å². The lowest BCUT2D eigenvalue weighted by molar-refractivity contribution is 0.669. The van der Waals surface area contributed by atoms with Crippen molar-refractivity contribution in [1.29, 1.82) is 0 Å². The van der Waals surface area contributed by atoms with E-state index in [2.05, 4.69) is 103 Å². The van der Waals surface area contributed by atoms with Crippen LogP contribution < -0.4 is 0 Å². The van der Waals surface area contributed by atoms with Crippen molar-refractivity contribution >= 4 is 21.9 Å². The normalized spacial score (nSPS) is 11.3. The summed E-state index contributed by atoms with van der Waals surface area (Å²) in [5.41, 5.74) is 12.8. The molecule has 55 heavy (non-hydrogen) atoms. The highest BCUT2D eigenvalue weighted by atomic mass is 16.3. The second kappa shape index (κ2) is 13.8. The van der Waals surface area contributed by atoms with E-state index in [1.54, 1.807) is 0 Å². The molecule has 0 atom stereocenters. The number of furan rings is 1. The van der Waals surface area contributed by atoms with Crippen molar-refractivity contribution in [2.24, 2.45) is 0 Å². The van der Waals surface area contributed by atoms with E-state index in [9.17, 15) is 0 Å². The molecule has 3 heterocycles. The van der Waals surface area contributed by atoms with E-state index in [0.29, 0.717) is 11.6 Å². The van der Waals surface area contributed by atoms with Gasteiger partial charge in [-0.2, -0.15) is 0 Å². The van der Waals surface area contributed by atoms with Crippen LogP contribution in [0.15, 0.2) is 199 Å². The number of fused-ring (bicyclic) bond motifs is 3. The van der Waals surface area contributed by atoms with Crippen LogP contribution in [-0.2, 0) is 0 Å². The molecule has 3 aromatic heterocycles. The van der Waals surface area contributed by atoms with E-state index in [4.69, 9.17) is 24.4 Å². The monoisotopic (exact) mass is 704 g/mol. The summed E-state index contributed by atoms with van der Waals surface area (Å²) in [5.74, 6) is 1.21. The quantitative estimate of drug-likeness (QED) is 0.165. The highest BCUT2D eigenvalue weighted by Gasteiger charge is 2.17. The first-order chi connectivity index (χ1) is 27.2. The van der Waals surface area contributed by atoms with Gasteiger partial charge in [0, 0.05) is 44.2 Å². The van der Waals surface area contributed by atoms with Crippen molar-refractivity contribution in [3.63, 3.8) is 0 Å². The van der Waals surface area contributed by atoms with E-state index in [1.807, 2.05) is 91.0 Å². The third-order valence-corrected chi connectivity index (χ3v) is 9.89. The molecule has 10 rings (SSSR count). The minimum atomic E-state index is 0.607. The Bertz CT molecular complexity index is 2700. The Hall–Kier alpha value is -7.50. The van der Waals surface area contributed by atoms with Gasteiger partial charge in [-0.1, -0.05) is 146 Å². The van der Waals surface area contributed by atoms with Gasteiger partial charge in [0.1, 0.15) is 11.2 Å². The van der Waals surface area contributed by atoms with Crippen LogP contribution in [0.2, 0.25) is 0 Å². The first-order valence-electron chi connectivity index (χ1n) is 18.3. The van der Waals surface area contributed by atoms with Crippen molar-refractivity contribution in [2.75, 3.05) is 0 Å². The summed E-state index contributed by atoms with van der Waals surface area (Å²) < 4.78 is 6.35. The molecular formula is C50H32N4O. The number of hydrogen-bond donors (Lipinski definition) is 0. The van der Waals surface area contributed by atoms with Gasteiger partial charge in [0.25, 0.3) is 0 Å². The first-order valence-corrected chi connectivity index (χ1v) is 18.3. The molecule has 0 fully saturated rings. The topological polar surface area (TPSA) is 64.7 Å². The largest absolute Gasteiger partial charge is 0.456 e. The summed E-state index contributed by atoms with van der Waals surface area (Å²) in [6.45, 7) is 0. The van der Waals surface area contributed by atoms with Crippen molar-refractivity contribution in [1.82, 2.24) is 19.9 Å². The molecule has 5 heteroatoms. The van der Waals surface area contributed by atoms with Gasteiger partial charge in [-0.05, 0) is 59.7 Å². The van der Waals surface area contributed by atoms with E-state index in [-0.39, 0.29) is 0 Å². The molecule has 10 aromatic rings. The number of nitrogens with zero attached hydrogens (tertiary/aromatic N) is 4. The van der Waals surface area contributed by atoms with Crippen molar-refractivity contribution in [3.05, 3.63) is 194 Å². The summed E-state index contributed by atoms with van der Waals surface area (Å²) >= 11 is 0. The lowest BCUT2D eigenvalue weighted by Crippen LogP contribution is -1.99. The lowest BCUT2D eigenvalue weighted by Gasteiger charge is -2.14. The number of benzene rings is 7. The van der Waals surface area contributed by atoms with Crippen LogP contribution in [0, 0.1) is 0 Å². The Morgan fingerprint density at radius 3 is 1.09 bits per heavy atom. The predicted octanol–water partition coefficient (Wildman–Crippen LogP) is 12.8. The number of aromatic nitrogens is 4. The molecule has 5 nitrogen and oxygen atoms in total. The summed E-state index contributed by atoms with van der Waals surface area (Å²) in [6.07, 6.45) is 0. The van der Waals surface area contributed by atoms with Crippen LogP contribution in [0.5, 0.6) is 0 Å². The highest BCUT2D eigenvalue weighted by molar-refractivity contribution is 6.06. The van der Waals surface area contributed by atoms with Gasteiger partial charge in [0.2, 0.25) is 0 Å². The van der Waals surface area contributed by atoms with Gasteiger partial charge < -0.3 is 4.42 Å². The Balaban J connectivity index is 1.22. The average molecular weight is 705 g/mol. The smallest absolute Gasteiger partial charge is 0.160 e. The standard InChI is InChI=1S/C50H32N4O/c1-5-15-33(16-6-1)43-31-44(34-17-7-2-8-18-34)52-49(51-43)39-27-38(37-25-26-42-41-23-13-14-24-47(41)55-48(42)30-37)28-40(29-39)50-53-45(35-19-9-3-10-20-35)32-46(54-50)36-21-11-4-12-22-36/h1-32H. The van der Waals surface area contributed by atoms with Gasteiger partial charge in [0.15, 0.2) is 11.6 Å². The SMILES string of the molecule is c1ccc(-c2cc(-c3ccccc3)nc(-c3cc(-c4ccc5c(c4)oc4ccccc45)cc(-c4nc(-c5ccccc5)cc(-c5ccccc5)n4)c3)n2)cc1. The maximum absolute atomic E-state index is 6.35. The zero-order valence-electron chi connectivity index (χ0n) is 29.7. The maximum atomic E-state index is 6.35. The fourth-order valence-electron chi connectivity index (χ4n) is 7.14. The van der Waals surface area contributed by atoms with E-state index >= 15 is 0 Å². The van der Waals surface area contributed by atoms with Crippen LogP contribution >= 0.6 is 0 Å². The molecule has 0 aliphatic rings. The van der Waals surface area contributed by atoms with Gasteiger partial charge in [-0.25, -0.2) is 19.9 Å². The third kappa shape index (κ3) is 6.34. The van der Waals surface area contributed by atoms with Crippen LogP contribution in [0.25, 0.3) is 101 Å². The zero-order valence-corrected chi connectivity index (χ0v) is 29.7. The summed E-state index contributed by atoms with van der Waals surface area (Å²) in [4.78, 5) is 20.8. The number of para-hydroxylation sites is 1. The van der Waals surface area contributed by atoms with E-state index in [0.717, 1.165) is 89.2 Å². The summed E-state index contributed by atoms with van der Waals surface area (Å²) in [5, 5.41) is 2.17. The Labute approximate surface area is 318 Å². The molecule has 258 valence electrons. The van der Waals surface area contributed by atoms with E-state index < -0.39 is 0 Å². The zero-order chi connectivity index (χ0) is 36.6. The highest BCUT2D eigenvalue weighted by Crippen LogP contribution is 2.37. The molecule has 0 aliphatic heterocycles. The minimum absolute atomic E-state index is 0.607. The molecular weight excluding hydrogens is 673 g/mol. The molecule has 0 unspecified atom stereocenters.